The monoisotopic (exact) mass is 410 g/mol. The average molecular weight is 411 g/mol. The lowest BCUT2D eigenvalue weighted by Gasteiger charge is -2.39. The first-order chi connectivity index (χ1) is 14.0. The summed E-state index contributed by atoms with van der Waals surface area (Å²) < 4.78 is 6.18. The minimum atomic E-state index is -0.464. The highest BCUT2D eigenvalue weighted by molar-refractivity contribution is 5.90. The van der Waals surface area contributed by atoms with Gasteiger partial charge in [-0.2, -0.15) is 0 Å². The maximum absolute atomic E-state index is 13.2. The number of carbonyl (C=O) groups is 1. The molecular formula is C27H38O3. The van der Waals surface area contributed by atoms with Crippen LogP contribution in [-0.2, 0) is 17.6 Å². The molecule has 1 atom stereocenters. The molecule has 164 valence electrons. The van der Waals surface area contributed by atoms with Gasteiger partial charge in [-0.25, -0.2) is 4.79 Å². The second kappa shape index (κ2) is 10.1. The molecule has 0 heterocycles. The van der Waals surface area contributed by atoms with Crippen molar-refractivity contribution in [1.29, 1.82) is 0 Å². The van der Waals surface area contributed by atoms with Crippen LogP contribution in [0.5, 0.6) is 5.75 Å². The summed E-state index contributed by atoms with van der Waals surface area (Å²) in [5.74, 6) is 0.211. The molecule has 3 nitrogen and oxygen atoms in total. The molecular weight excluding hydrogens is 372 g/mol. The molecule has 1 aromatic rings. The predicted octanol–water partition coefficient (Wildman–Crippen LogP) is 7.09. The average Bonchev–Trinajstić information content (AvgIpc) is 2.67. The molecule has 0 radical (unpaired) electrons. The highest BCUT2D eigenvalue weighted by Crippen LogP contribution is 2.38. The lowest BCUT2D eigenvalue weighted by molar-refractivity contribution is -0.0496. The number of hydrogen-bond acceptors (Lipinski definition) is 3. The third kappa shape index (κ3) is 6.10. The van der Waals surface area contributed by atoms with Crippen molar-refractivity contribution in [3.8, 4) is 5.75 Å². The molecule has 1 unspecified atom stereocenters. The third-order valence-electron chi connectivity index (χ3n) is 6.05. The highest BCUT2D eigenvalue weighted by Gasteiger charge is 2.38. The standard InChI is InChI=1S/C27H38O3/c1-18(2)8-10-22-16-24(17-23(25(22)28)11-9-19(3)4)26(29)30-27(20(5)6)14-12-21(7)13-15-27/h8-9,12,16-17,20,28H,10-11,13-15H2,1-7H3. The van der Waals surface area contributed by atoms with Gasteiger partial charge in [0.2, 0.25) is 0 Å². The van der Waals surface area contributed by atoms with Crippen LogP contribution in [0.25, 0.3) is 0 Å². The summed E-state index contributed by atoms with van der Waals surface area (Å²) in [6.45, 7) is 14.5. The Bertz CT molecular complexity index is 821. The minimum Gasteiger partial charge on any atom is -0.507 e. The second-order valence-corrected chi connectivity index (χ2v) is 9.48. The van der Waals surface area contributed by atoms with Crippen LogP contribution in [0.15, 0.2) is 47.1 Å². The predicted molar refractivity (Wildman–Crippen MR) is 125 cm³/mol. The van der Waals surface area contributed by atoms with E-state index in [0.717, 1.165) is 30.4 Å². The molecule has 0 aromatic heterocycles. The van der Waals surface area contributed by atoms with Crippen LogP contribution in [0.4, 0.5) is 0 Å². The number of carbonyl (C=O) groups excluding carboxylic acids is 1. The second-order valence-electron chi connectivity index (χ2n) is 9.48. The van der Waals surface area contributed by atoms with Crippen molar-refractivity contribution in [2.45, 2.75) is 86.2 Å². The van der Waals surface area contributed by atoms with E-state index < -0.39 is 5.60 Å². The van der Waals surface area contributed by atoms with Crippen molar-refractivity contribution in [1.82, 2.24) is 0 Å². The number of phenols is 1. The van der Waals surface area contributed by atoms with Crippen LogP contribution in [0.1, 0.15) is 89.2 Å². The van der Waals surface area contributed by atoms with E-state index in [1.807, 2.05) is 27.7 Å². The fourth-order valence-electron chi connectivity index (χ4n) is 3.76. The maximum atomic E-state index is 13.2. The van der Waals surface area contributed by atoms with E-state index in [-0.39, 0.29) is 17.6 Å². The van der Waals surface area contributed by atoms with E-state index in [1.165, 1.54) is 16.7 Å². The Labute approximate surface area is 182 Å². The number of benzene rings is 1. The summed E-state index contributed by atoms with van der Waals surface area (Å²) in [5.41, 5.74) is 5.30. The molecule has 1 N–H and O–H groups in total. The van der Waals surface area contributed by atoms with Crippen LogP contribution in [0.2, 0.25) is 0 Å². The SMILES string of the molecule is CC(C)=CCc1cc(C(=O)OC2(C(C)C)CC=C(C)CC2)cc(CC=C(C)C)c1O. The Kier molecular flexibility index (Phi) is 8.11. The molecule has 0 saturated carbocycles. The Morgan fingerprint density at radius 1 is 1.10 bits per heavy atom. The molecule has 30 heavy (non-hydrogen) atoms. The van der Waals surface area contributed by atoms with Gasteiger partial charge in [-0.1, -0.05) is 48.8 Å². The van der Waals surface area contributed by atoms with E-state index >= 15 is 0 Å². The molecule has 1 aromatic carbocycles. The fraction of sp³-hybridized carbons (Fsp3) is 0.519. The van der Waals surface area contributed by atoms with Crippen molar-refractivity contribution in [2.75, 3.05) is 0 Å². The van der Waals surface area contributed by atoms with E-state index in [9.17, 15) is 9.90 Å². The number of rotatable bonds is 7. The Morgan fingerprint density at radius 2 is 1.63 bits per heavy atom. The highest BCUT2D eigenvalue weighted by atomic mass is 16.6. The molecule has 0 saturated heterocycles. The summed E-state index contributed by atoms with van der Waals surface area (Å²) in [6.07, 6.45) is 10.1. The lowest BCUT2D eigenvalue weighted by atomic mass is 9.78. The summed E-state index contributed by atoms with van der Waals surface area (Å²) in [6, 6.07) is 3.59. The van der Waals surface area contributed by atoms with Crippen LogP contribution in [0, 0.1) is 5.92 Å². The summed E-state index contributed by atoms with van der Waals surface area (Å²) in [4.78, 5) is 13.2. The molecule has 2 rings (SSSR count). The number of hydrogen-bond donors (Lipinski definition) is 1. The molecule has 3 heteroatoms. The van der Waals surface area contributed by atoms with Gasteiger partial charge in [-0.3, -0.25) is 0 Å². The Morgan fingerprint density at radius 3 is 2.03 bits per heavy atom. The zero-order valence-corrected chi connectivity index (χ0v) is 19.8. The number of ether oxygens (including phenoxy) is 1. The van der Waals surface area contributed by atoms with E-state index in [4.69, 9.17) is 4.74 Å². The van der Waals surface area contributed by atoms with Crippen molar-refractivity contribution >= 4 is 5.97 Å². The fourth-order valence-corrected chi connectivity index (χ4v) is 3.76. The summed E-state index contributed by atoms with van der Waals surface area (Å²) >= 11 is 0. The molecule has 1 aliphatic carbocycles. The molecule has 0 fully saturated rings. The normalized spacial score (nSPS) is 18.6. The zero-order valence-electron chi connectivity index (χ0n) is 19.8. The topological polar surface area (TPSA) is 46.5 Å². The van der Waals surface area contributed by atoms with E-state index in [2.05, 4.69) is 39.0 Å². The first-order valence-corrected chi connectivity index (χ1v) is 11.0. The van der Waals surface area contributed by atoms with Gasteiger partial charge in [-0.05, 0) is 89.5 Å². The minimum absolute atomic E-state index is 0.234. The van der Waals surface area contributed by atoms with E-state index in [0.29, 0.717) is 18.4 Å². The van der Waals surface area contributed by atoms with E-state index in [1.54, 1.807) is 12.1 Å². The zero-order chi connectivity index (χ0) is 22.5. The number of esters is 1. The Balaban J connectivity index is 2.41. The largest absolute Gasteiger partial charge is 0.507 e. The van der Waals surface area contributed by atoms with Gasteiger partial charge in [0, 0.05) is 6.42 Å². The van der Waals surface area contributed by atoms with Gasteiger partial charge in [-0.15, -0.1) is 0 Å². The smallest absolute Gasteiger partial charge is 0.338 e. The summed E-state index contributed by atoms with van der Waals surface area (Å²) in [5, 5.41) is 10.8. The number of phenolic OH excluding ortho intramolecular Hbond substituents is 1. The maximum Gasteiger partial charge on any atom is 0.338 e. The summed E-state index contributed by atoms with van der Waals surface area (Å²) in [7, 11) is 0. The first kappa shape index (κ1) is 24.0. The van der Waals surface area contributed by atoms with Gasteiger partial charge >= 0.3 is 5.97 Å². The van der Waals surface area contributed by atoms with Gasteiger partial charge in [0.25, 0.3) is 0 Å². The molecule has 0 aliphatic heterocycles. The van der Waals surface area contributed by atoms with Crippen molar-refractivity contribution < 1.29 is 14.6 Å². The van der Waals surface area contributed by atoms with Crippen molar-refractivity contribution in [2.24, 2.45) is 5.92 Å². The van der Waals surface area contributed by atoms with Crippen LogP contribution < -0.4 is 0 Å². The van der Waals surface area contributed by atoms with Crippen molar-refractivity contribution in [3.05, 3.63) is 63.8 Å². The van der Waals surface area contributed by atoms with Gasteiger partial charge in [0.15, 0.2) is 0 Å². The quantitative estimate of drug-likeness (QED) is 0.385. The molecule has 1 aliphatic rings. The van der Waals surface area contributed by atoms with Crippen LogP contribution in [0.3, 0.4) is 0 Å². The van der Waals surface area contributed by atoms with Gasteiger partial charge in [0.05, 0.1) is 5.56 Å². The van der Waals surface area contributed by atoms with Crippen LogP contribution >= 0.6 is 0 Å². The molecule has 0 bridgehead atoms. The van der Waals surface area contributed by atoms with Gasteiger partial charge in [0.1, 0.15) is 11.4 Å². The van der Waals surface area contributed by atoms with Crippen molar-refractivity contribution in [3.63, 3.8) is 0 Å². The lowest BCUT2D eigenvalue weighted by Crippen LogP contribution is -2.41. The number of aromatic hydroxyl groups is 1. The molecule has 0 spiro atoms. The van der Waals surface area contributed by atoms with Crippen LogP contribution in [-0.4, -0.2) is 16.7 Å². The third-order valence-corrected chi connectivity index (χ3v) is 6.05. The number of allylic oxidation sites excluding steroid dienone is 5. The molecule has 0 amide bonds. The first-order valence-electron chi connectivity index (χ1n) is 11.0. The van der Waals surface area contributed by atoms with Gasteiger partial charge < -0.3 is 9.84 Å². The Hall–Kier alpha value is -2.29.